The van der Waals surface area contributed by atoms with Crippen LogP contribution in [-0.2, 0) is 12.8 Å². The Bertz CT molecular complexity index is 733. The SMILES string of the molecule is C/C=C(/C=C\C(C)=C(\F)N(C=N)CC)Nc1c(F)ccc2c1CCC2. The smallest absolute Gasteiger partial charge is 0.197 e. The number of anilines is 1. The molecule has 25 heavy (non-hydrogen) atoms. The first-order valence-electron chi connectivity index (χ1n) is 8.57. The quantitative estimate of drug-likeness (QED) is 0.304. The number of allylic oxidation sites excluding steroid dienone is 4. The van der Waals surface area contributed by atoms with Crippen LogP contribution in [0.4, 0.5) is 14.5 Å². The lowest BCUT2D eigenvalue weighted by molar-refractivity contribution is 0.400. The molecule has 0 aliphatic heterocycles. The summed E-state index contributed by atoms with van der Waals surface area (Å²) in [5.74, 6) is -0.733. The summed E-state index contributed by atoms with van der Waals surface area (Å²) in [7, 11) is 0. The van der Waals surface area contributed by atoms with Gasteiger partial charge in [-0.1, -0.05) is 18.2 Å². The Morgan fingerprint density at radius 2 is 2.08 bits per heavy atom. The predicted molar refractivity (Wildman–Crippen MR) is 99.9 cm³/mol. The molecule has 1 aliphatic carbocycles. The van der Waals surface area contributed by atoms with E-state index in [1.165, 1.54) is 16.5 Å². The highest BCUT2D eigenvalue weighted by Crippen LogP contribution is 2.32. The zero-order valence-corrected chi connectivity index (χ0v) is 15.0. The van der Waals surface area contributed by atoms with Crippen LogP contribution in [0, 0.1) is 11.2 Å². The topological polar surface area (TPSA) is 39.1 Å². The van der Waals surface area contributed by atoms with Crippen molar-refractivity contribution in [3.63, 3.8) is 0 Å². The van der Waals surface area contributed by atoms with Gasteiger partial charge in [-0.25, -0.2) is 4.39 Å². The van der Waals surface area contributed by atoms with Gasteiger partial charge in [0.15, 0.2) is 5.95 Å². The van der Waals surface area contributed by atoms with Crippen LogP contribution in [-0.4, -0.2) is 17.8 Å². The monoisotopic (exact) mass is 345 g/mol. The van der Waals surface area contributed by atoms with Crippen molar-refractivity contribution < 1.29 is 8.78 Å². The van der Waals surface area contributed by atoms with Gasteiger partial charge in [-0.15, -0.1) is 0 Å². The van der Waals surface area contributed by atoms with Gasteiger partial charge in [0.1, 0.15) is 5.82 Å². The van der Waals surface area contributed by atoms with Crippen LogP contribution < -0.4 is 5.32 Å². The lowest BCUT2D eigenvalue weighted by Crippen LogP contribution is -2.18. The molecule has 0 heterocycles. The molecule has 0 aromatic heterocycles. The molecule has 3 nitrogen and oxygen atoms in total. The van der Waals surface area contributed by atoms with Gasteiger partial charge in [0.25, 0.3) is 0 Å². The molecule has 1 aliphatic rings. The van der Waals surface area contributed by atoms with Gasteiger partial charge in [-0.2, -0.15) is 4.39 Å². The number of aryl methyl sites for hydroxylation is 1. The molecular formula is C20H25F2N3. The summed E-state index contributed by atoms with van der Waals surface area (Å²) < 4.78 is 28.4. The Morgan fingerprint density at radius 1 is 1.32 bits per heavy atom. The second kappa shape index (κ2) is 8.60. The van der Waals surface area contributed by atoms with E-state index in [0.29, 0.717) is 23.5 Å². The number of hydrogen-bond donors (Lipinski definition) is 2. The van der Waals surface area contributed by atoms with Crippen LogP contribution >= 0.6 is 0 Å². The Labute approximate surface area is 148 Å². The number of rotatable bonds is 7. The summed E-state index contributed by atoms with van der Waals surface area (Å²) in [5, 5.41) is 10.4. The van der Waals surface area contributed by atoms with Crippen molar-refractivity contribution in [1.82, 2.24) is 4.90 Å². The van der Waals surface area contributed by atoms with Gasteiger partial charge in [0.2, 0.25) is 0 Å². The maximum Gasteiger partial charge on any atom is 0.197 e. The number of hydrogen-bond acceptors (Lipinski definition) is 2. The third-order valence-electron chi connectivity index (χ3n) is 4.40. The van der Waals surface area contributed by atoms with Crippen LogP contribution in [0.2, 0.25) is 0 Å². The molecule has 0 unspecified atom stereocenters. The molecule has 0 spiro atoms. The number of benzene rings is 1. The van der Waals surface area contributed by atoms with E-state index in [1.807, 2.05) is 19.1 Å². The minimum atomic E-state index is -0.462. The normalized spacial score (nSPS) is 15.2. The van der Waals surface area contributed by atoms with Crippen LogP contribution in [0.5, 0.6) is 0 Å². The van der Waals surface area contributed by atoms with Crippen LogP contribution in [0.1, 0.15) is 38.3 Å². The predicted octanol–water partition coefficient (Wildman–Crippen LogP) is 5.32. The van der Waals surface area contributed by atoms with Crippen molar-refractivity contribution in [1.29, 1.82) is 5.41 Å². The second-order valence-electron chi connectivity index (χ2n) is 6.00. The summed E-state index contributed by atoms with van der Waals surface area (Å²) in [6.07, 6.45) is 9.03. The summed E-state index contributed by atoms with van der Waals surface area (Å²) in [6, 6.07) is 3.35. The molecule has 0 saturated heterocycles. The molecule has 0 amide bonds. The average molecular weight is 345 g/mol. The van der Waals surface area contributed by atoms with Gasteiger partial charge < -0.3 is 10.2 Å². The summed E-state index contributed by atoms with van der Waals surface area (Å²) in [5.41, 5.74) is 3.85. The van der Waals surface area contributed by atoms with Crippen molar-refractivity contribution in [2.24, 2.45) is 0 Å². The highest BCUT2D eigenvalue weighted by Gasteiger charge is 2.18. The highest BCUT2D eigenvalue weighted by molar-refractivity contribution is 5.61. The summed E-state index contributed by atoms with van der Waals surface area (Å²) in [4.78, 5) is 1.21. The van der Waals surface area contributed by atoms with E-state index in [0.717, 1.165) is 31.2 Å². The zero-order chi connectivity index (χ0) is 18.4. The summed E-state index contributed by atoms with van der Waals surface area (Å²) >= 11 is 0. The van der Waals surface area contributed by atoms with Gasteiger partial charge in [-0.05, 0) is 63.3 Å². The first kappa shape index (κ1) is 18.9. The fraction of sp³-hybridized carbons (Fsp3) is 0.350. The number of nitrogens with one attached hydrogen (secondary N) is 2. The molecule has 0 atom stereocenters. The molecule has 1 aromatic rings. The van der Waals surface area contributed by atoms with Gasteiger partial charge in [0.05, 0.1) is 12.0 Å². The first-order valence-corrected chi connectivity index (χ1v) is 8.57. The molecule has 0 saturated carbocycles. The Balaban J connectivity index is 2.21. The van der Waals surface area contributed by atoms with Crippen LogP contribution in [0.3, 0.4) is 0 Å². The Kier molecular flexibility index (Phi) is 6.51. The fourth-order valence-corrected chi connectivity index (χ4v) is 2.92. The van der Waals surface area contributed by atoms with Crippen molar-refractivity contribution >= 4 is 12.0 Å². The number of halogens is 2. The molecule has 2 rings (SSSR count). The van der Waals surface area contributed by atoms with E-state index in [1.54, 1.807) is 26.0 Å². The lowest BCUT2D eigenvalue weighted by Gasteiger charge is -2.15. The maximum absolute atomic E-state index is 14.3. The molecule has 5 heteroatoms. The van der Waals surface area contributed by atoms with E-state index in [-0.39, 0.29) is 5.82 Å². The second-order valence-corrected chi connectivity index (χ2v) is 6.00. The first-order chi connectivity index (χ1) is 12.0. The van der Waals surface area contributed by atoms with Crippen molar-refractivity contribution in [2.45, 2.75) is 40.0 Å². The molecule has 0 fully saturated rings. The van der Waals surface area contributed by atoms with Crippen molar-refractivity contribution in [2.75, 3.05) is 11.9 Å². The van der Waals surface area contributed by atoms with E-state index in [4.69, 9.17) is 5.41 Å². The van der Waals surface area contributed by atoms with Crippen molar-refractivity contribution in [3.05, 3.63) is 64.5 Å². The molecule has 0 bridgehead atoms. The minimum Gasteiger partial charge on any atom is -0.353 e. The van der Waals surface area contributed by atoms with E-state index in [2.05, 4.69) is 5.32 Å². The third kappa shape index (κ3) is 4.35. The molecule has 2 N–H and O–H groups in total. The number of fused-ring (bicyclic) bond motifs is 1. The molecule has 134 valence electrons. The van der Waals surface area contributed by atoms with Crippen molar-refractivity contribution in [3.8, 4) is 0 Å². The lowest BCUT2D eigenvalue weighted by atomic mass is 10.1. The van der Waals surface area contributed by atoms with E-state index >= 15 is 0 Å². The van der Waals surface area contributed by atoms with Crippen LogP contribution in [0.25, 0.3) is 0 Å². The van der Waals surface area contributed by atoms with E-state index < -0.39 is 5.95 Å². The van der Waals surface area contributed by atoms with E-state index in [9.17, 15) is 8.78 Å². The van der Waals surface area contributed by atoms with Gasteiger partial charge >= 0.3 is 0 Å². The Morgan fingerprint density at radius 3 is 2.72 bits per heavy atom. The maximum atomic E-state index is 14.3. The average Bonchev–Trinajstić information content (AvgIpc) is 3.09. The van der Waals surface area contributed by atoms with Gasteiger partial charge in [-0.3, -0.25) is 5.41 Å². The fourth-order valence-electron chi connectivity index (χ4n) is 2.92. The minimum absolute atomic E-state index is 0.271. The van der Waals surface area contributed by atoms with Crippen LogP contribution in [0.15, 0.2) is 47.6 Å². The van der Waals surface area contributed by atoms with Gasteiger partial charge in [0, 0.05) is 17.8 Å². The molecule has 0 radical (unpaired) electrons. The molecule has 1 aromatic carbocycles. The highest BCUT2D eigenvalue weighted by atomic mass is 19.1. The zero-order valence-electron chi connectivity index (χ0n) is 15.0. The third-order valence-corrected chi connectivity index (χ3v) is 4.40. The standard InChI is InChI=1S/C20H25F2N3/c1-4-16(11-9-14(3)20(22)25(5-2)13-23)24-19-17-8-6-7-15(17)10-12-18(19)21/h4,9-13,23-24H,5-8H2,1-3H3/b11-9-,16-4-,20-14-,23-13?. The largest absolute Gasteiger partial charge is 0.353 e. The Hall–Kier alpha value is -2.43. The number of nitrogens with zero attached hydrogens (tertiary/aromatic N) is 1. The molecular weight excluding hydrogens is 320 g/mol. The summed E-state index contributed by atoms with van der Waals surface area (Å²) in [6.45, 7) is 5.65.